The van der Waals surface area contributed by atoms with Crippen molar-refractivity contribution in [2.45, 2.75) is 37.9 Å². The average Bonchev–Trinajstić information content (AvgIpc) is 2.82. The van der Waals surface area contributed by atoms with Gasteiger partial charge in [-0.05, 0) is 55.9 Å². The molecule has 0 atom stereocenters. The molecular weight excluding hydrogens is 443 g/mol. The van der Waals surface area contributed by atoms with E-state index in [0.29, 0.717) is 12.5 Å². The molecule has 2 N–H and O–H groups in total. The lowest BCUT2D eigenvalue weighted by Gasteiger charge is -2.29. The maximum absolute atomic E-state index is 13.2. The number of alkyl halides is 3. The summed E-state index contributed by atoms with van der Waals surface area (Å²) in [6, 6.07) is 13.0. The minimum Gasteiger partial charge on any atom is -0.362 e. The van der Waals surface area contributed by atoms with Crippen molar-refractivity contribution in [1.29, 1.82) is 0 Å². The molecule has 0 unspecified atom stereocenters. The number of rotatable bonds is 6. The van der Waals surface area contributed by atoms with E-state index in [4.69, 9.17) is 0 Å². The van der Waals surface area contributed by atoms with Crippen molar-refractivity contribution in [3.63, 3.8) is 0 Å². The Morgan fingerprint density at radius 1 is 1.00 bits per heavy atom. The molecule has 1 aliphatic rings. The zero-order valence-corrected chi connectivity index (χ0v) is 19.2. The molecule has 0 radical (unpaired) electrons. The Labute approximate surface area is 196 Å². The smallest absolute Gasteiger partial charge is 0.362 e. The van der Waals surface area contributed by atoms with Crippen LogP contribution in [0.2, 0.25) is 0 Å². The molecule has 1 amide bonds. The van der Waals surface area contributed by atoms with Crippen LogP contribution in [0, 0.1) is 5.92 Å². The van der Waals surface area contributed by atoms with Crippen molar-refractivity contribution in [3.05, 3.63) is 59.7 Å². The summed E-state index contributed by atoms with van der Waals surface area (Å²) in [5.41, 5.74) is -0.373. The van der Waals surface area contributed by atoms with Crippen LogP contribution in [0.4, 0.5) is 24.9 Å². The van der Waals surface area contributed by atoms with Crippen LogP contribution in [-0.4, -0.2) is 42.6 Å². The lowest BCUT2D eigenvalue weighted by Crippen LogP contribution is -2.35. The lowest BCUT2D eigenvalue weighted by molar-refractivity contribution is -0.137. The van der Waals surface area contributed by atoms with E-state index in [1.807, 2.05) is 43.3 Å². The van der Waals surface area contributed by atoms with E-state index in [9.17, 15) is 18.0 Å². The van der Waals surface area contributed by atoms with Crippen LogP contribution in [-0.2, 0) is 6.18 Å². The van der Waals surface area contributed by atoms with Crippen LogP contribution in [0.3, 0.4) is 0 Å². The number of anilines is 2. The molecule has 4 rings (SSSR count). The van der Waals surface area contributed by atoms with E-state index < -0.39 is 17.6 Å². The number of para-hydroxylation sites is 1. The minimum atomic E-state index is -4.56. The van der Waals surface area contributed by atoms with E-state index in [0.717, 1.165) is 48.5 Å². The second kappa shape index (κ2) is 9.87. The molecule has 0 saturated heterocycles. The van der Waals surface area contributed by atoms with Gasteiger partial charge in [0.2, 0.25) is 5.95 Å². The fourth-order valence-corrected chi connectivity index (χ4v) is 4.42. The van der Waals surface area contributed by atoms with Crippen molar-refractivity contribution < 1.29 is 18.0 Å². The lowest BCUT2D eigenvalue weighted by atomic mass is 9.86. The fraction of sp³-hybridized carbons (Fsp3) is 0.400. The maximum atomic E-state index is 13.2. The highest BCUT2D eigenvalue weighted by atomic mass is 19.4. The zero-order chi connectivity index (χ0) is 24.3. The average molecular weight is 472 g/mol. The monoisotopic (exact) mass is 471 g/mol. The van der Waals surface area contributed by atoms with E-state index >= 15 is 0 Å². The number of nitrogens with one attached hydrogen (secondary N) is 2. The van der Waals surface area contributed by atoms with Gasteiger partial charge in [0.15, 0.2) is 0 Å². The molecule has 1 saturated carbocycles. The summed E-state index contributed by atoms with van der Waals surface area (Å²) >= 11 is 0. The molecule has 1 aliphatic carbocycles. The second-order valence-corrected chi connectivity index (χ2v) is 8.90. The number of carbonyl (C=O) groups excluding carboxylic acids is 1. The predicted octanol–water partition coefficient (Wildman–Crippen LogP) is 5.12. The predicted molar refractivity (Wildman–Crippen MR) is 127 cm³/mol. The van der Waals surface area contributed by atoms with Crippen LogP contribution in [0.1, 0.15) is 41.6 Å². The normalized spacial score (nSPS) is 18.5. The molecule has 0 spiro atoms. The van der Waals surface area contributed by atoms with Crippen molar-refractivity contribution in [3.8, 4) is 0 Å². The van der Waals surface area contributed by atoms with Gasteiger partial charge in [0, 0.05) is 32.1 Å². The van der Waals surface area contributed by atoms with Crippen molar-refractivity contribution in [2.75, 3.05) is 30.9 Å². The molecule has 0 bridgehead atoms. The molecule has 180 valence electrons. The van der Waals surface area contributed by atoms with Crippen molar-refractivity contribution in [2.24, 2.45) is 5.92 Å². The second-order valence-electron chi connectivity index (χ2n) is 8.90. The molecule has 6 nitrogen and oxygen atoms in total. The maximum Gasteiger partial charge on any atom is 0.417 e. The van der Waals surface area contributed by atoms with Crippen molar-refractivity contribution >= 4 is 28.6 Å². The van der Waals surface area contributed by atoms with Crippen LogP contribution in [0.25, 0.3) is 10.9 Å². The number of amides is 1. The summed E-state index contributed by atoms with van der Waals surface area (Å²) in [6.07, 6.45) is -1.12. The van der Waals surface area contributed by atoms with E-state index in [2.05, 4.69) is 20.6 Å². The first-order chi connectivity index (χ1) is 16.2. The Bertz CT molecular complexity index is 1160. The van der Waals surface area contributed by atoms with Crippen molar-refractivity contribution in [1.82, 2.24) is 15.3 Å². The van der Waals surface area contributed by atoms with Crippen LogP contribution < -0.4 is 15.5 Å². The summed E-state index contributed by atoms with van der Waals surface area (Å²) in [5, 5.41) is 7.13. The number of carbonyl (C=O) groups is 1. The number of hydrogen-bond donors (Lipinski definition) is 2. The number of benzene rings is 2. The minimum absolute atomic E-state index is 0.203. The summed E-state index contributed by atoms with van der Waals surface area (Å²) in [6.45, 7) is 0.356. The molecule has 1 fully saturated rings. The van der Waals surface area contributed by atoms with Gasteiger partial charge in [0.05, 0.1) is 16.6 Å². The number of aromatic nitrogens is 2. The summed E-state index contributed by atoms with van der Waals surface area (Å²) in [4.78, 5) is 23.7. The Morgan fingerprint density at radius 2 is 1.68 bits per heavy atom. The quantitative estimate of drug-likeness (QED) is 0.523. The number of fused-ring (bicyclic) bond motifs is 1. The highest BCUT2D eigenvalue weighted by molar-refractivity contribution is 5.95. The van der Waals surface area contributed by atoms with Gasteiger partial charge in [-0.1, -0.05) is 24.3 Å². The molecule has 3 aromatic rings. The SMILES string of the molecule is CN(C)c1nc(N[C@H]2CC[C@@H](CNC(=O)c3ccccc3C(F)(F)F)CC2)nc2ccccc12. The fourth-order valence-electron chi connectivity index (χ4n) is 4.42. The first kappa shape index (κ1) is 23.8. The van der Waals surface area contributed by atoms with Gasteiger partial charge in [0.25, 0.3) is 5.91 Å². The van der Waals surface area contributed by atoms with Crippen LogP contribution in [0.5, 0.6) is 0 Å². The van der Waals surface area contributed by atoms with Gasteiger partial charge in [-0.15, -0.1) is 0 Å². The van der Waals surface area contributed by atoms with Gasteiger partial charge in [-0.2, -0.15) is 18.2 Å². The third kappa shape index (κ3) is 5.40. The van der Waals surface area contributed by atoms with Gasteiger partial charge in [-0.3, -0.25) is 4.79 Å². The first-order valence-corrected chi connectivity index (χ1v) is 11.4. The first-order valence-electron chi connectivity index (χ1n) is 11.4. The highest BCUT2D eigenvalue weighted by Gasteiger charge is 2.35. The Hall–Kier alpha value is -3.36. The van der Waals surface area contributed by atoms with E-state index in [1.165, 1.54) is 18.2 Å². The van der Waals surface area contributed by atoms with Gasteiger partial charge in [0.1, 0.15) is 5.82 Å². The van der Waals surface area contributed by atoms with Gasteiger partial charge in [-0.25, -0.2) is 4.98 Å². The zero-order valence-electron chi connectivity index (χ0n) is 19.2. The number of hydrogen-bond acceptors (Lipinski definition) is 5. The van der Waals surface area contributed by atoms with Crippen LogP contribution >= 0.6 is 0 Å². The number of nitrogens with zero attached hydrogens (tertiary/aromatic N) is 3. The van der Waals surface area contributed by atoms with Gasteiger partial charge >= 0.3 is 6.18 Å². The summed E-state index contributed by atoms with van der Waals surface area (Å²) < 4.78 is 39.5. The Morgan fingerprint density at radius 3 is 2.38 bits per heavy atom. The molecular formula is C25H28F3N5O. The summed E-state index contributed by atoms with van der Waals surface area (Å²) in [5.74, 6) is 0.968. The topological polar surface area (TPSA) is 70.2 Å². The van der Waals surface area contributed by atoms with Crippen LogP contribution in [0.15, 0.2) is 48.5 Å². The largest absolute Gasteiger partial charge is 0.417 e. The Balaban J connectivity index is 1.33. The standard InChI is InChI=1S/C25H28F3N5O/c1-33(2)22-19-8-4-6-10-21(19)31-24(32-22)30-17-13-11-16(12-14-17)15-29-23(34)18-7-3-5-9-20(18)25(26,27)28/h3-10,16-17H,11-15H2,1-2H3,(H,29,34)(H,30,31,32)/t16-,17+. The molecule has 34 heavy (non-hydrogen) atoms. The number of halogens is 3. The van der Waals surface area contributed by atoms with Gasteiger partial charge < -0.3 is 15.5 Å². The third-order valence-corrected chi connectivity index (χ3v) is 6.22. The Kier molecular flexibility index (Phi) is 6.90. The molecule has 0 aliphatic heterocycles. The molecule has 1 heterocycles. The third-order valence-electron chi connectivity index (χ3n) is 6.22. The molecule has 1 aromatic heterocycles. The van der Waals surface area contributed by atoms with E-state index in [1.54, 1.807) is 0 Å². The molecule has 2 aromatic carbocycles. The molecule has 9 heteroatoms. The summed E-state index contributed by atoms with van der Waals surface area (Å²) in [7, 11) is 3.90. The highest BCUT2D eigenvalue weighted by Crippen LogP contribution is 2.32. The van der Waals surface area contributed by atoms with E-state index in [-0.39, 0.29) is 17.5 Å².